The Kier molecular flexibility index (Phi) is 4.13. The first kappa shape index (κ1) is 14.3. The van der Waals surface area contributed by atoms with Crippen molar-refractivity contribution in [2.24, 2.45) is 5.41 Å². The molecule has 0 spiro atoms. The molecule has 0 saturated heterocycles. The van der Waals surface area contributed by atoms with Crippen LogP contribution in [0.2, 0.25) is 0 Å². The number of rotatable bonds is 3. The fourth-order valence-corrected chi connectivity index (χ4v) is 2.91. The zero-order valence-corrected chi connectivity index (χ0v) is 12.9. The molecule has 0 heterocycles. The van der Waals surface area contributed by atoms with Crippen LogP contribution in [0, 0.1) is 15.5 Å². The summed E-state index contributed by atoms with van der Waals surface area (Å²) >= 11 is 3.20. The standard InChI is InChI=1S/C14H19BrN2O2/c1-14(2)7-5-10(6-8-14)16-11-3-4-12(15)13(9-11)17(18)19/h3-4,9-10,16H,5-8H2,1-2H3. The van der Waals surface area contributed by atoms with E-state index in [9.17, 15) is 10.1 Å². The quantitative estimate of drug-likeness (QED) is 0.644. The average molecular weight is 327 g/mol. The minimum Gasteiger partial charge on any atom is -0.382 e. The third-order valence-electron chi connectivity index (χ3n) is 3.85. The Balaban J connectivity index is 2.04. The molecule has 0 aromatic heterocycles. The van der Waals surface area contributed by atoms with E-state index in [1.165, 1.54) is 12.8 Å². The molecule has 1 aromatic rings. The highest BCUT2D eigenvalue weighted by Crippen LogP contribution is 2.36. The highest BCUT2D eigenvalue weighted by atomic mass is 79.9. The van der Waals surface area contributed by atoms with Crippen LogP contribution >= 0.6 is 15.9 Å². The van der Waals surface area contributed by atoms with Gasteiger partial charge in [0.2, 0.25) is 0 Å². The van der Waals surface area contributed by atoms with Gasteiger partial charge in [-0.15, -0.1) is 0 Å². The minimum absolute atomic E-state index is 0.112. The highest BCUT2D eigenvalue weighted by Gasteiger charge is 2.26. The van der Waals surface area contributed by atoms with Gasteiger partial charge in [-0.2, -0.15) is 0 Å². The Labute approximate surface area is 121 Å². The third kappa shape index (κ3) is 3.69. The van der Waals surface area contributed by atoms with Crippen LogP contribution in [0.4, 0.5) is 11.4 Å². The van der Waals surface area contributed by atoms with Crippen molar-refractivity contribution in [1.82, 2.24) is 0 Å². The number of halogens is 1. The van der Waals surface area contributed by atoms with Crippen LogP contribution in [0.1, 0.15) is 39.5 Å². The monoisotopic (exact) mass is 326 g/mol. The third-order valence-corrected chi connectivity index (χ3v) is 4.52. The van der Waals surface area contributed by atoms with Crippen molar-refractivity contribution in [3.8, 4) is 0 Å². The van der Waals surface area contributed by atoms with Crippen LogP contribution in [-0.4, -0.2) is 11.0 Å². The lowest BCUT2D eigenvalue weighted by Gasteiger charge is -2.35. The molecule has 104 valence electrons. The summed E-state index contributed by atoms with van der Waals surface area (Å²) < 4.78 is 0.521. The van der Waals surface area contributed by atoms with E-state index in [1.54, 1.807) is 12.1 Å². The first-order valence-corrected chi connectivity index (χ1v) is 7.37. The number of nitrogens with one attached hydrogen (secondary N) is 1. The number of anilines is 1. The molecule has 1 aromatic carbocycles. The van der Waals surface area contributed by atoms with E-state index in [0.29, 0.717) is 15.9 Å². The highest BCUT2D eigenvalue weighted by molar-refractivity contribution is 9.10. The fraction of sp³-hybridized carbons (Fsp3) is 0.571. The molecule has 1 saturated carbocycles. The number of hydrogen-bond acceptors (Lipinski definition) is 3. The van der Waals surface area contributed by atoms with Gasteiger partial charge in [0.05, 0.1) is 9.40 Å². The Hall–Kier alpha value is -1.10. The SMILES string of the molecule is CC1(C)CCC(Nc2ccc(Br)c([N+](=O)[O-])c2)CC1. The van der Waals surface area contributed by atoms with E-state index < -0.39 is 0 Å². The molecule has 19 heavy (non-hydrogen) atoms. The van der Waals surface area contributed by atoms with Crippen molar-refractivity contribution in [2.45, 2.75) is 45.6 Å². The molecule has 0 bridgehead atoms. The van der Waals surface area contributed by atoms with Crippen molar-refractivity contribution < 1.29 is 4.92 Å². The molecular weight excluding hydrogens is 308 g/mol. The summed E-state index contributed by atoms with van der Waals surface area (Å²) in [5.41, 5.74) is 1.38. The van der Waals surface area contributed by atoms with Crippen LogP contribution in [0.25, 0.3) is 0 Å². The number of nitrogens with zero attached hydrogens (tertiary/aromatic N) is 1. The fourth-order valence-electron chi connectivity index (χ4n) is 2.52. The summed E-state index contributed by atoms with van der Waals surface area (Å²) in [5, 5.41) is 14.3. The van der Waals surface area contributed by atoms with Crippen molar-refractivity contribution >= 4 is 27.3 Å². The maximum absolute atomic E-state index is 10.9. The first-order valence-electron chi connectivity index (χ1n) is 6.58. The molecule has 0 aliphatic heterocycles. The van der Waals surface area contributed by atoms with Crippen LogP contribution in [0.5, 0.6) is 0 Å². The van der Waals surface area contributed by atoms with Crippen LogP contribution < -0.4 is 5.32 Å². The number of hydrogen-bond donors (Lipinski definition) is 1. The van der Waals surface area contributed by atoms with E-state index in [0.717, 1.165) is 18.5 Å². The second-order valence-electron chi connectivity index (χ2n) is 6.01. The summed E-state index contributed by atoms with van der Waals surface area (Å²) in [7, 11) is 0. The average Bonchev–Trinajstić information content (AvgIpc) is 2.34. The molecule has 1 fully saturated rings. The van der Waals surface area contributed by atoms with E-state index in [4.69, 9.17) is 0 Å². The van der Waals surface area contributed by atoms with Crippen LogP contribution in [-0.2, 0) is 0 Å². The van der Waals surface area contributed by atoms with Gasteiger partial charge >= 0.3 is 0 Å². The van der Waals surface area contributed by atoms with Gasteiger partial charge in [-0.05, 0) is 59.2 Å². The van der Waals surface area contributed by atoms with Gasteiger partial charge in [0.15, 0.2) is 0 Å². The van der Waals surface area contributed by atoms with Gasteiger partial charge in [-0.25, -0.2) is 0 Å². The zero-order valence-electron chi connectivity index (χ0n) is 11.3. The summed E-state index contributed by atoms with van der Waals surface area (Å²) in [6, 6.07) is 5.64. The maximum Gasteiger partial charge on any atom is 0.285 e. The molecule has 1 aliphatic carbocycles. The predicted molar refractivity (Wildman–Crippen MR) is 80.5 cm³/mol. The van der Waals surface area contributed by atoms with Gasteiger partial charge in [0.25, 0.3) is 5.69 Å². The Morgan fingerprint density at radius 2 is 2.00 bits per heavy atom. The molecule has 4 nitrogen and oxygen atoms in total. The topological polar surface area (TPSA) is 55.2 Å². The minimum atomic E-state index is -0.362. The van der Waals surface area contributed by atoms with Gasteiger partial charge < -0.3 is 5.32 Å². The maximum atomic E-state index is 10.9. The Morgan fingerprint density at radius 1 is 1.37 bits per heavy atom. The van der Waals surface area contributed by atoms with Crippen molar-refractivity contribution in [1.29, 1.82) is 0 Å². The number of nitro benzene ring substituents is 1. The Bertz CT molecular complexity index is 478. The van der Waals surface area contributed by atoms with Gasteiger partial charge in [-0.1, -0.05) is 13.8 Å². The van der Waals surface area contributed by atoms with Crippen LogP contribution in [0.15, 0.2) is 22.7 Å². The summed E-state index contributed by atoms with van der Waals surface area (Å²) in [5.74, 6) is 0. The Morgan fingerprint density at radius 3 is 2.58 bits per heavy atom. The lowest BCUT2D eigenvalue weighted by Crippen LogP contribution is -2.29. The van der Waals surface area contributed by atoms with Gasteiger partial charge in [0, 0.05) is 17.8 Å². The molecule has 2 rings (SSSR count). The van der Waals surface area contributed by atoms with Gasteiger partial charge in [-0.3, -0.25) is 10.1 Å². The second-order valence-corrected chi connectivity index (χ2v) is 6.86. The van der Waals surface area contributed by atoms with E-state index in [2.05, 4.69) is 35.1 Å². The molecule has 0 amide bonds. The smallest absolute Gasteiger partial charge is 0.285 e. The number of nitro groups is 1. The molecule has 1 aliphatic rings. The number of benzene rings is 1. The second kappa shape index (κ2) is 5.49. The van der Waals surface area contributed by atoms with Crippen molar-refractivity contribution in [2.75, 3.05) is 5.32 Å². The van der Waals surface area contributed by atoms with E-state index >= 15 is 0 Å². The van der Waals surface area contributed by atoms with Gasteiger partial charge in [0.1, 0.15) is 0 Å². The molecule has 5 heteroatoms. The normalized spacial score (nSPS) is 19.1. The lowest BCUT2D eigenvalue weighted by molar-refractivity contribution is -0.385. The van der Waals surface area contributed by atoms with Crippen LogP contribution in [0.3, 0.4) is 0 Å². The molecule has 1 N–H and O–H groups in total. The summed E-state index contributed by atoms with van der Waals surface area (Å²) in [6.45, 7) is 4.60. The largest absolute Gasteiger partial charge is 0.382 e. The van der Waals surface area contributed by atoms with E-state index in [-0.39, 0.29) is 10.6 Å². The zero-order chi connectivity index (χ0) is 14.0. The molecule has 0 atom stereocenters. The lowest BCUT2D eigenvalue weighted by atomic mass is 9.75. The van der Waals surface area contributed by atoms with Crippen molar-refractivity contribution in [3.05, 3.63) is 32.8 Å². The summed E-state index contributed by atoms with van der Waals surface area (Å²) in [4.78, 5) is 10.5. The first-order chi connectivity index (χ1) is 8.87. The molecular formula is C14H19BrN2O2. The molecule has 0 radical (unpaired) electrons. The summed E-state index contributed by atoms with van der Waals surface area (Å²) in [6.07, 6.45) is 4.64. The predicted octanol–water partition coefficient (Wildman–Crippen LogP) is 4.74. The van der Waals surface area contributed by atoms with E-state index in [1.807, 2.05) is 6.07 Å². The van der Waals surface area contributed by atoms with Crippen molar-refractivity contribution in [3.63, 3.8) is 0 Å². The molecule has 0 unspecified atom stereocenters.